The third kappa shape index (κ3) is 8.79. The van der Waals surface area contributed by atoms with E-state index in [9.17, 15) is 4.79 Å². The standard InChI is InChI=1S/C23H36N4O2.HI/c1-24-23(25-15-7-12-22(28)29-21-10-5-6-11-21)26-20-13-16-27(17-14-20)18-19-8-3-2-4-9-19;/h2-4,8-9,20-21H,5-7,10-18H2,1H3,(H2,24,25,26);1H. The zero-order valence-electron chi connectivity index (χ0n) is 18.1. The van der Waals surface area contributed by atoms with Gasteiger partial charge in [-0.3, -0.25) is 14.7 Å². The molecule has 0 unspecified atom stereocenters. The maximum atomic E-state index is 11.9. The van der Waals surface area contributed by atoms with E-state index in [1.807, 2.05) is 0 Å². The van der Waals surface area contributed by atoms with Gasteiger partial charge in [0.05, 0.1) is 0 Å². The first-order chi connectivity index (χ1) is 14.2. The number of benzene rings is 1. The van der Waals surface area contributed by atoms with E-state index in [1.54, 1.807) is 7.05 Å². The molecule has 1 saturated heterocycles. The number of carbonyl (C=O) groups excluding carboxylic acids is 1. The van der Waals surface area contributed by atoms with Crippen molar-refractivity contribution in [3.63, 3.8) is 0 Å². The molecule has 1 aromatic carbocycles. The molecule has 1 aliphatic heterocycles. The molecule has 0 spiro atoms. The Morgan fingerprint density at radius 2 is 1.83 bits per heavy atom. The number of likely N-dealkylation sites (tertiary alicyclic amines) is 1. The Kier molecular flexibility index (Phi) is 11.5. The normalized spacial score (nSPS) is 18.6. The summed E-state index contributed by atoms with van der Waals surface area (Å²) in [6.45, 7) is 3.94. The van der Waals surface area contributed by atoms with Crippen LogP contribution in [0.3, 0.4) is 0 Å². The van der Waals surface area contributed by atoms with E-state index in [1.165, 1.54) is 18.4 Å². The largest absolute Gasteiger partial charge is 0.462 e. The van der Waals surface area contributed by atoms with Crippen molar-refractivity contribution >= 4 is 35.9 Å². The number of hydrogen-bond acceptors (Lipinski definition) is 4. The minimum absolute atomic E-state index is 0. The summed E-state index contributed by atoms with van der Waals surface area (Å²) in [5.41, 5.74) is 1.38. The van der Waals surface area contributed by atoms with Crippen LogP contribution in [-0.2, 0) is 16.1 Å². The molecule has 0 bridgehead atoms. The predicted molar refractivity (Wildman–Crippen MR) is 132 cm³/mol. The Morgan fingerprint density at radius 3 is 2.50 bits per heavy atom. The summed E-state index contributed by atoms with van der Waals surface area (Å²) in [6, 6.07) is 11.1. The average molecular weight is 528 g/mol. The summed E-state index contributed by atoms with van der Waals surface area (Å²) in [6.07, 6.45) is 8.06. The monoisotopic (exact) mass is 528 g/mol. The van der Waals surface area contributed by atoms with Gasteiger partial charge in [0.15, 0.2) is 5.96 Å². The van der Waals surface area contributed by atoms with Gasteiger partial charge < -0.3 is 15.4 Å². The first-order valence-electron chi connectivity index (χ1n) is 11.2. The van der Waals surface area contributed by atoms with Gasteiger partial charge in [0.1, 0.15) is 6.10 Å². The Hall–Kier alpha value is -1.35. The highest BCUT2D eigenvalue weighted by Gasteiger charge is 2.20. The summed E-state index contributed by atoms with van der Waals surface area (Å²) in [7, 11) is 1.80. The van der Waals surface area contributed by atoms with Crippen molar-refractivity contribution in [3.8, 4) is 0 Å². The Balaban J connectivity index is 0.00000320. The van der Waals surface area contributed by atoms with Crippen molar-refractivity contribution < 1.29 is 9.53 Å². The summed E-state index contributed by atoms with van der Waals surface area (Å²) < 4.78 is 5.50. The van der Waals surface area contributed by atoms with E-state index in [0.717, 1.165) is 64.2 Å². The number of nitrogens with zero attached hydrogens (tertiary/aromatic N) is 2. The minimum Gasteiger partial charge on any atom is -0.462 e. The van der Waals surface area contributed by atoms with Crippen LogP contribution in [0, 0.1) is 0 Å². The zero-order chi connectivity index (χ0) is 20.3. The van der Waals surface area contributed by atoms with Crippen molar-refractivity contribution in [1.29, 1.82) is 0 Å². The molecule has 3 rings (SSSR count). The van der Waals surface area contributed by atoms with Gasteiger partial charge in [0.25, 0.3) is 0 Å². The van der Waals surface area contributed by atoms with Gasteiger partial charge in [-0.2, -0.15) is 0 Å². The van der Waals surface area contributed by atoms with Gasteiger partial charge in [-0.25, -0.2) is 0 Å². The Bertz CT molecular complexity index is 642. The van der Waals surface area contributed by atoms with Crippen LogP contribution < -0.4 is 10.6 Å². The van der Waals surface area contributed by atoms with Crippen LogP contribution in [0.25, 0.3) is 0 Å². The second-order valence-electron chi connectivity index (χ2n) is 8.18. The number of nitrogens with one attached hydrogen (secondary N) is 2. The molecular formula is C23H37IN4O2. The average Bonchev–Trinajstić information content (AvgIpc) is 3.25. The lowest BCUT2D eigenvalue weighted by atomic mass is 10.0. The number of aliphatic imine (C=N–C) groups is 1. The molecule has 6 nitrogen and oxygen atoms in total. The van der Waals surface area contributed by atoms with E-state index in [-0.39, 0.29) is 36.0 Å². The molecule has 7 heteroatoms. The van der Waals surface area contributed by atoms with Crippen LogP contribution in [0.1, 0.15) is 56.9 Å². The number of guanidine groups is 1. The number of hydrogen-bond donors (Lipinski definition) is 2. The number of esters is 1. The van der Waals surface area contributed by atoms with Crippen molar-refractivity contribution in [2.24, 2.45) is 4.99 Å². The molecule has 2 aliphatic rings. The Morgan fingerprint density at radius 1 is 1.13 bits per heavy atom. The van der Waals surface area contributed by atoms with Crippen LogP contribution >= 0.6 is 24.0 Å². The van der Waals surface area contributed by atoms with E-state index in [0.29, 0.717) is 12.5 Å². The van der Waals surface area contributed by atoms with Crippen molar-refractivity contribution in [1.82, 2.24) is 15.5 Å². The molecule has 1 aromatic rings. The van der Waals surface area contributed by atoms with Crippen molar-refractivity contribution in [2.75, 3.05) is 26.7 Å². The van der Waals surface area contributed by atoms with Gasteiger partial charge in [0, 0.05) is 45.7 Å². The summed E-state index contributed by atoms with van der Waals surface area (Å²) in [4.78, 5) is 18.7. The van der Waals surface area contributed by atoms with E-state index >= 15 is 0 Å². The molecular weight excluding hydrogens is 491 g/mol. The molecule has 0 radical (unpaired) electrons. The van der Waals surface area contributed by atoms with E-state index < -0.39 is 0 Å². The highest BCUT2D eigenvalue weighted by atomic mass is 127. The van der Waals surface area contributed by atoms with Crippen LogP contribution in [0.4, 0.5) is 0 Å². The van der Waals surface area contributed by atoms with Gasteiger partial charge in [-0.1, -0.05) is 30.3 Å². The van der Waals surface area contributed by atoms with Gasteiger partial charge in [-0.15, -0.1) is 24.0 Å². The maximum Gasteiger partial charge on any atom is 0.306 e. The van der Waals surface area contributed by atoms with Gasteiger partial charge in [-0.05, 0) is 50.5 Å². The number of carbonyl (C=O) groups is 1. The summed E-state index contributed by atoms with van der Waals surface area (Å²) in [5.74, 6) is 0.767. The SMILES string of the molecule is CN=C(NCCCC(=O)OC1CCCC1)NC1CCN(Cc2ccccc2)CC1.I. The minimum atomic E-state index is -0.0626. The molecule has 0 aromatic heterocycles. The number of ether oxygens (including phenoxy) is 1. The van der Waals surface area contributed by atoms with Crippen LogP contribution in [0.2, 0.25) is 0 Å². The molecule has 168 valence electrons. The van der Waals surface area contributed by atoms with Gasteiger partial charge >= 0.3 is 5.97 Å². The smallest absolute Gasteiger partial charge is 0.306 e. The highest BCUT2D eigenvalue weighted by Crippen LogP contribution is 2.21. The summed E-state index contributed by atoms with van der Waals surface area (Å²) >= 11 is 0. The first-order valence-corrected chi connectivity index (χ1v) is 11.2. The van der Waals surface area contributed by atoms with Gasteiger partial charge in [0.2, 0.25) is 0 Å². The Labute approximate surface area is 198 Å². The van der Waals surface area contributed by atoms with Crippen molar-refractivity contribution in [3.05, 3.63) is 35.9 Å². The lowest BCUT2D eigenvalue weighted by Gasteiger charge is -2.33. The lowest BCUT2D eigenvalue weighted by molar-refractivity contribution is -0.148. The highest BCUT2D eigenvalue weighted by molar-refractivity contribution is 14.0. The molecule has 0 amide bonds. The number of piperidine rings is 1. The zero-order valence-corrected chi connectivity index (χ0v) is 20.5. The second-order valence-corrected chi connectivity index (χ2v) is 8.18. The fourth-order valence-corrected chi connectivity index (χ4v) is 4.16. The third-order valence-corrected chi connectivity index (χ3v) is 5.85. The molecule has 2 fully saturated rings. The van der Waals surface area contributed by atoms with E-state index in [4.69, 9.17) is 4.74 Å². The molecule has 0 atom stereocenters. The fraction of sp³-hybridized carbons (Fsp3) is 0.652. The van der Waals surface area contributed by atoms with Crippen LogP contribution in [0.5, 0.6) is 0 Å². The van der Waals surface area contributed by atoms with Crippen molar-refractivity contribution in [2.45, 2.75) is 70.1 Å². The summed E-state index contributed by atoms with van der Waals surface area (Å²) in [5, 5.41) is 6.87. The first kappa shape index (κ1) is 24.9. The second kappa shape index (κ2) is 13.9. The number of halogens is 1. The molecule has 1 aliphatic carbocycles. The third-order valence-electron chi connectivity index (χ3n) is 5.85. The topological polar surface area (TPSA) is 66.0 Å². The quantitative estimate of drug-likeness (QED) is 0.177. The molecule has 1 heterocycles. The number of rotatable bonds is 8. The lowest BCUT2D eigenvalue weighted by Crippen LogP contribution is -2.48. The fourth-order valence-electron chi connectivity index (χ4n) is 4.16. The predicted octanol–water partition coefficient (Wildman–Crippen LogP) is 3.70. The van der Waals surface area contributed by atoms with Crippen LogP contribution in [0.15, 0.2) is 35.3 Å². The van der Waals surface area contributed by atoms with E-state index in [2.05, 4.69) is 50.9 Å². The van der Waals surface area contributed by atoms with Crippen LogP contribution in [-0.4, -0.2) is 55.7 Å². The molecule has 2 N–H and O–H groups in total. The maximum absolute atomic E-state index is 11.9. The molecule has 1 saturated carbocycles. The molecule has 30 heavy (non-hydrogen) atoms.